The highest BCUT2D eigenvalue weighted by atomic mass is 31.2. The molecule has 0 saturated carbocycles. The fourth-order valence-corrected chi connectivity index (χ4v) is 2.06. The Hall–Kier alpha value is -1.46. The number of carbonyl (C=O) groups excluding carboxylic acids is 1. The van der Waals surface area contributed by atoms with Gasteiger partial charge in [-0.3, -0.25) is 9.63 Å². The Kier molecular flexibility index (Phi) is 6.97. The monoisotopic (exact) mass is 326 g/mol. The third-order valence-electron chi connectivity index (χ3n) is 2.95. The van der Waals surface area contributed by atoms with Crippen molar-refractivity contribution in [3.05, 3.63) is 47.3 Å². The quantitative estimate of drug-likeness (QED) is 0.612. The second-order valence-electron chi connectivity index (χ2n) is 5.20. The molecule has 0 aliphatic rings. The first-order chi connectivity index (χ1) is 10.2. The van der Waals surface area contributed by atoms with Crippen molar-refractivity contribution in [2.45, 2.75) is 33.3 Å². The molecule has 0 aliphatic carbocycles. The molecule has 0 aliphatic heterocycles. The molecule has 1 aromatic carbocycles. The molecule has 6 nitrogen and oxygen atoms in total. The van der Waals surface area contributed by atoms with Gasteiger partial charge in [-0.05, 0) is 22.9 Å². The first kappa shape index (κ1) is 18.6. The average molecular weight is 326 g/mol. The zero-order chi connectivity index (χ0) is 16.8. The van der Waals surface area contributed by atoms with Crippen LogP contribution in [0.4, 0.5) is 0 Å². The molecule has 0 aromatic heterocycles. The van der Waals surface area contributed by atoms with E-state index >= 15 is 0 Å². The van der Waals surface area contributed by atoms with Gasteiger partial charge in [-0.2, -0.15) is 0 Å². The van der Waals surface area contributed by atoms with E-state index in [0.29, 0.717) is 11.7 Å². The van der Waals surface area contributed by atoms with Crippen molar-refractivity contribution in [3.63, 3.8) is 0 Å². The van der Waals surface area contributed by atoms with Crippen molar-refractivity contribution in [2.75, 3.05) is 6.54 Å². The molecule has 0 radical (unpaired) electrons. The Balaban J connectivity index is 2.59. The van der Waals surface area contributed by atoms with Gasteiger partial charge in [-0.15, -0.1) is 0 Å². The van der Waals surface area contributed by atoms with Gasteiger partial charge >= 0.3 is 0 Å². The molecular formula is C15H21NO5P-. The van der Waals surface area contributed by atoms with E-state index in [1.165, 1.54) is 12.5 Å². The van der Waals surface area contributed by atoms with Crippen LogP contribution in [-0.4, -0.2) is 22.4 Å². The minimum Gasteiger partial charge on any atom is -0.776 e. The first-order valence-corrected chi connectivity index (χ1v) is 8.55. The van der Waals surface area contributed by atoms with E-state index in [-0.39, 0.29) is 19.1 Å². The van der Waals surface area contributed by atoms with Crippen molar-refractivity contribution in [2.24, 2.45) is 0 Å². The van der Waals surface area contributed by atoms with Crippen LogP contribution in [0.5, 0.6) is 0 Å². The minimum atomic E-state index is -4.47. The zero-order valence-electron chi connectivity index (χ0n) is 12.9. The minimum absolute atomic E-state index is 0.0633. The summed E-state index contributed by atoms with van der Waals surface area (Å²) >= 11 is 0. The number of hydrogen-bond donors (Lipinski definition) is 1. The molecule has 0 bridgehead atoms. The molecule has 0 spiro atoms. The molecule has 0 heterocycles. The van der Waals surface area contributed by atoms with E-state index in [1.54, 1.807) is 0 Å². The van der Waals surface area contributed by atoms with Gasteiger partial charge in [0.2, 0.25) is 5.91 Å². The van der Waals surface area contributed by atoms with Crippen LogP contribution in [0, 0.1) is 0 Å². The van der Waals surface area contributed by atoms with Gasteiger partial charge in [-0.25, -0.2) is 5.06 Å². The average Bonchev–Trinajstić information content (AvgIpc) is 2.41. The Bertz CT molecular complexity index is 562. The molecule has 0 fully saturated rings. The predicted octanol–water partition coefficient (Wildman–Crippen LogP) is 2.15. The molecular weight excluding hydrogens is 305 g/mol. The normalized spacial score (nSPS) is 14.3. The summed E-state index contributed by atoms with van der Waals surface area (Å²) in [6, 6.07) is 7.84. The number of carbonyl (C=O) groups is 1. The molecule has 0 saturated heterocycles. The molecule has 7 heteroatoms. The molecule has 1 atom stereocenters. The fourth-order valence-electron chi connectivity index (χ4n) is 1.70. The van der Waals surface area contributed by atoms with Crippen molar-refractivity contribution in [3.8, 4) is 0 Å². The standard InChI is InChI=1S/C15H22NO5P/c1-12(2)15-7-5-14(6-8-15)11-21-16(13(3)17)9-4-10-22(18,19)20/h4-8,10,12H,9,11H2,1-3H3,(H2,18,19,20)/p-1/b10-4+. The van der Waals surface area contributed by atoms with E-state index in [9.17, 15) is 14.3 Å². The highest BCUT2D eigenvalue weighted by Gasteiger charge is 2.08. The number of amides is 1. The van der Waals surface area contributed by atoms with Gasteiger partial charge in [0, 0.05) is 6.92 Å². The van der Waals surface area contributed by atoms with Crippen LogP contribution in [0.2, 0.25) is 0 Å². The highest BCUT2D eigenvalue weighted by Crippen LogP contribution is 2.30. The van der Waals surface area contributed by atoms with Crippen LogP contribution >= 0.6 is 7.60 Å². The second-order valence-corrected chi connectivity index (χ2v) is 6.63. The number of hydroxylamine groups is 2. The second kappa shape index (κ2) is 8.25. The topological polar surface area (TPSA) is 89.9 Å². The van der Waals surface area contributed by atoms with E-state index in [2.05, 4.69) is 13.8 Å². The summed E-state index contributed by atoms with van der Waals surface area (Å²) in [7, 11) is -4.47. The highest BCUT2D eigenvalue weighted by molar-refractivity contribution is 7.53. The van der Waals surface area contributed by atoms with Crippen LogP contribution in [0.25, 0.3) is 0 Å². The molecule has 1 unspecified atom stereocenters. The number of hydrogen-bond acceptors (Lipinski definition) is 4. The summed E-state index contributed by atoms with van der Waals surface area (Å²) < 4.78 is 10.6. The van der Waals surface area contributed by atoms with Crippen LogP contribution < -0.4 is 4.89 Å². The maximum atomic E-state index is 11.4. The van der Waals surface area contributed by atoms with Crippen LogP contribution in [0.15, 0.2) is 36.2 Å². The van der Waals surface area contributed by atoms with Gasteiger partial charge in [-0.1, -0.05) is 44.2 Å². The summed E-state index contributed by atoms with van der Waals surface area (Å²) in [6.07, 6.45) is 1.15. The summed E-state index contributed by atoms with van der Waals surface area (Å²) in [5.41, 5.74) is 2.11. The first-order valence-electron chi connectivity index (χ1n) is 6.90. The smallest absolute Gasteiger partial charge is 0.243 e. The number of benzene rings is 1. The molecule has 122 valence electrons. The molecule has 1 N–H and O–H groups in total. The van der Waals surface area contributed by atoms with Gasteiger partial charge in [0.25, 0.3) is 0 Å². The van der Waals surface area contributed by atoms with Gasteiger partial charge < -0.3 is 14.4 Å². The Morgan fingerprint density at radius 1 is 1.41 bits per heavy atom. The SMILES string of the molecule is CC(=O)N(C/C=C/P(=O)([O-])O)OCc1ccc(C(C)C)cc1. The maximum Gasteiger partial charge on any atom is 0.243 e. The van der Waals surface area contributed by atoms with E-state index < -0.39 is 7.60 Å². The van der Waals surface area contributed by atoms with Crippen LogP contribution in [0.1, 0.15) is 37.8 Å². The number of rotatable bonds is 7. The number of nitrogens with zero attached hydrogens (tertiary/aromatic N) is 1. The van der Waals surface area contributed by atoms with Crippen LogP contribution in [-0.2, 0) is 20.8 Å². The fraction of sp³-hybridized carbons (Fsp3) is 0.400. The summed E-state index contributed by atoms with van der Waals surface area (Å²) in [5, 5.41) is 1.03. The van der Waals surface area contributed by atoms with E-state index in [1.807, 2.05) is 24.3 Å². The predicted molar refractivity (Wildman–Crippen MR) is 81.7 cm³/mol. The summed E-state index contributed by atoms with van der Waals surface area (Å²) in [6.45, 7) is 5.65. The van der Waals surface area contributed by atoms with Crippen LogP contribution in [0.3, 0.4) is 0 Å². The largest absolute Gasteiger partial charge is 0.776 e. The molecule has 1 rings (SSSR count). The third-order valence-corrected chi connectivity index (χ3v) is 3.54. The lowest BCUT2D eigenvalue weighted by Gasteiger charge is -2.19. The van der Waals surface area contributed by atoms with Crippen molar-refractivity contribution in [1.29, 1.82) is 0 Å². The third kappa shape index (κ3) is 7.00. The zero-order valence-corrected chi connectivity index (χ0v) is 13.8. The summed E-state index contributed by atoms with van der Waals surface area (Å²) in [5.74, 6) is 0.723. The molecule has 1 aromatic rings. The maximum absolute atomic E-state index is 11.4. The van der Waals surface area contributed by atoms with Crippen molar-refractivity contribution in [1.82, 2.24) is 5.06 Å². The van der Waals surface area contributed by atoms with E-state index in [0.717, 1.165) is 16.7 Å². The lowest BCUT2D eigenvalue weighted by molar-refractivity contribution is -0.190. The lowest BCUT2D eigenvalue weighted by atomic mass is 10.0. The van der Waals surface area contributed by atoms with Gasteiger partial charge in [0.15, 0.2) is 7.60 Å². The van der Waals surface area contributed by atoms with Crippen molar-refractivity contribution < 1.29 is 24.0 Å². The summed E-state index contributed by atoms with van der Waals surface area (Å²) in [4.78, 5) is 36.0. The molecule has 1 amide bonds. The Labute approximate surface area is 130 Å². The Morgan fingerprint density at radius 3 is 2.45 bits per heavy atom. The van der Waals surface area contributed by atoms with Crippen molar-refractivity contribution >= 4 is 13.5 Å². The van der Waals surface area contributed by atoms with Gasteiger partial charge in [0.05, 0.1) is 6.54 Å². The van der Waals surface area contributed by atoms with E-state index in [4.69, 9.17) is 9.73 Å². The molecule has 22 heavy (non-hydrogen) atoms. The lowest BCUT2D eigenvalue weighted by Crippen LogP contribution is -2.29. The van der Waals surface area contributed by atoms with Gasteiger partial charge in [0.1, 0.15) is 6.61 Å². The Morgan fingerprint density at radius 2 is 2.00 bits per heavy atom.